The van der Waals surface area contributed by atoms with Crippen molar-refractivity contribution in [2.45, 2.75) is 96.5 Å². The number of nitrogen functional groups attached to an aromatic ring is 2. The lowest BCUT2D eigenvalue weighted by Gasteiger charge is -2.57. The predicted octanol–water partition coefficient (Wildman–Crippen LogP) is 8.39. The van der Waals surface area contributed by atoms with Crippen LogP contribution in [0.2, 0.25) is 0 Å². The Balaban J connectivity index is 1.28. The molecule has 0 amide bonds. The molecule has 3 fully saturated rings. The molecule has 0 bridgehead atoms. The van der Waals surface area contributed by atoms with Gasteiger partial charge in [-0.15, -0.1) is 11.6 Å². The molecule has 0 saturated heterocycles. The van der Waals surface area contributed by atoms with E-state index in [2.05, 4.69) is 45.9 Å². The molecule has 9 unspecified atom stereocenters. The summed E-state index contributed by atoms with van der Waals surface area (Å²) >= 11 is 7.65. The summed E-state index contributed by atoms with van der Waals surface area (Å²) in [6.07, 6.45) is 18.6. The van der Waals surface area contributed by atoms with Crippen LogP contribution in [0, 0.1) is 40.9 Å². The number of halogens is 1. The molecule has 4 N–H and O–H groups in total. The molecule has 3 nitrogen and oxygen atoms in total. The maximum Gasteiger partial charge on any atom is 0.142 e. The molecule has 4 aliphatic rings. The van der Waals surface area contributed by atoms with E-state index in [0.29, 0.717) is 34.5 Å². The zero-order chi connectivity index (χ0) is 25.7. The van der Waals surface area contributed by atoms with Gasteiger partial charge >= 0.3 is 0 Å². The highest BCUT2D eigenvalue weighted by Gasteiger charge is 2.60. The number of rotatable bonds is 6. The van der Waals surface area contributed by atoms with Crippen molar-refractivity contribution in [3.05, 3.63) is 42.0 Å². The minimum atomic E-state index is -0.125. The van der Waals surface area contributed by atoms with Crippen LogP contribution in [0.4, 0.5) is 11.4 Å². The van der Waals surface area contributed by atoms with Crippen LogP contribution in [0.5, 0.6) is 5.75 Å². The summed E-state index contributed by atoms with van der Waals surface area (Å²) in [6, 6.07) is 5.55. The number of ether oxygens (including phenoxy) is 1. The molecule has 9 atom stereocenters. The van der Waals surface area contributed by atoms with Gasteiger partial charge in [0.1, 0.15) is 5.75 Å². The zero-order valence-corrected chi connectivity index (χ0v) is 23.6. The number of hydrogen-bond donors (Lipinski definition) is 2. The lowest BCUT2D eigenvalue weighted by molar-refractivity contribution is -0.0237. The van der Waals surface area contributed by atoms with E-state index in [4.69, 9.17) is 27.8 Å². The molecule has 1 aromatic carbocycles. The highest BCUT2D eigenvalue weighted by atomic mass is 35.5. The molecule has 1 aromatic rings. The number of nitrogens with two attached hydrogens (primary N) is 2. The van der Waals surface area contributed by atoms with E-state index in [1.807, 2.05) is 12.1 Å². The van der Waals surface area contributed by atoms with Gasteiger partial charge in [-0.05, 0) is 131 Å². The van der Waals surface area contributed by atoms with Gasteiger partial charge in [-0.2, -0.15) is 0 Å². The van der Waals surface area contributed by atoms with Crippen LogP contribution in [0.25, 0.3) is 0 Å². The Morgan fingerprint density at radius 3 is 2.67 bits per heavy atom. The number of alkyl halides is 1. The third-order valence-electron chi connectivity index (χ3n) is 10.8. The second kappa shape index (κ2) is 9.93. The number of hydrogen-bond acceptors (Lipinski definition) is 3. The molecule has 0 aromatic heterocycles. The SMILES string of the molecule is CC(C)=CCCC(C)C1CCC2C3C=CC4CC(Oc5ccc(N)cc5N)CCC4(Cl)C3CCC12C. The second-order valence-electron chi connectivity index (χ2n) is 13.1. The third-order valence-corrected chi connectivity index (χ3v) is 11.5. The number of allylic oxidation sites excluding steroid dienone is 4. The Bertz CT molecular complexity index is 1020. The highest BCUT2D eigenvalue weighted by Crippen LogP contribution is 2.66. The van der Waals surface area contributed by atoms with Crippen molar-refractivity contribution in [3.8, 4) is 5.75 Å². The third kappa shape index (κ3) is 4.59. The Morgan fingerprint density at radius 2 is 1.92 bits per heavy atom. The topological polar surface area (TPSA) is 61.3 Å². The zero-order valence-electron chi connectivity index (χ0n) is 22.8. The molecule has 36 heavy (non-hydrogen) atoms. The molecular formula is C32H47ClN2O. The molecule has 0 aliphatic heterocycles. The van der Waals surface area contributed by atoms with Gasteiger partial charge in [0.15, 0.2) is 0 Å². The number of fused-ring (bicyclic) bond motifs is 5. The first-order valence-corrected chi connectivity index (χ1v) is 14.8. The molecule has 4 aliphatic carbocycles. The summed E-state index contributed by atoms with van der Waals surface area (Å²) in [5.41, 5.74) is 15.2. The van der Waals surface area contributed by atoms with Crippen LogP contribution in [-0.4, -0.2) is 11.0 Å². The van der Waals surface area contributed by atoms with Crippen molar-refractivity contribution in [1.29, 1.82) is 0 Å². The van der Waals surface area contributed by atoms with Crippen LogP contribution in [0.1, 0.15) is 85.5 Å². The fraction of sp³-hybridized carbons (Fsp3) is 0.688. The first-order chi connectivity index (χ1) is 17.1. The van der Waals surface area contributed by atoms with Crippen molar-refractivity contribution < 1.29 is 4.74 Å². The van der Waals surface area contributed by atoms with Gasteiger partial charge in [0, 0.05) is 5.69 Å². The van der Waals surface area contributed by atoms with Gasteiger partial charge in [-0.1, -0.05) is 37.6 Å². The molecule has 5 rings (SSSR count). The van der Waals surface area contributed by atoms with E-state index < -0.39 is 0 Å². The normalized spacial score (nSPS) is 40.0. The molecule has 0 heterocycles. The van der Waals surface area contributed by atoms with Crippen LogP contribution >= 0.6 is 11.6 Å². The Hall–Kier alpha value is -1.61. The minimum Gasteiger partial charge on any atom is -0.488 e. The first-order valence-electron chi connectivity index (χ1n) is 14.4. The van der Waals surface area contributed by atoms with Gasteiger partial charge in [-0.3, -0.25) is 0 Å². The van der Waals surface area contributed by atoms with Gasteiger partial charge < -0.3 is 16.2 Å². The number of anilines is 2. The van der Waals surface area contributed by atoms with E-state index in [0.717, 1.165) is 42.8 Å². The lowest BCUT2D eigenvalue weighted by Crippen LogP contribution is -2.55. The molecule has 3 saturated carbocycles. The van der Waals surface area contributed by atoms with Crippen LogP contribution < -0.4 is 16.2 Å². The van der Waals surface area contributed by atoms with Crippen molar-refractivity contribution >= 4 is 23.0 Å². The van der Waals surface area contributed by atoms with Gasteiger partial charge in [0.25, 0.3) is 0 Å². The average molecular weight is 511 g/mol. The van der Waals surface area contributed by atoms with E-state index in [9.17, 15) is 0 Å². The smallest absolute Gasteiger partial charge is 0.142 e. The van der Waals surface area contributed by atoms with Crippen molar-refractivity contribution in [1.82, 2.24) is 0 Å². The molecule has 0 radical (unpaired) electrons. The van der Waals surface area contributed by atoms with Crippen LogP contribution in [0.3, 0.4) is 0 Å². The second-order valence-corrected chi connectivity index (χ2v) is 13.8. The summed E-state index contributed by atoms with van der Waals surface area (Å²) < 4.78 is 6.37. The molecule has 0 spiro atoms. The van der Waals surface area contributed by atoms with Crippen LogP contribution in [0.15, 0.2) is 42.0 Å². The van der Waals surface area contributed by atoms with Crippen molar-refractivity contribution in [2.75, 3.05) is 11.5 Å². The van der Waals surface area contributed by atoms with Crippen molar-refractivity contribution in [2.24, 2.45) is 40.9 Å². The first kappa shape index (κ1) is 26.0. The fourth-order valence-electron chi connectivity index (χ4n) is 8.92. The van der Waals surface area contributed by atoms with Gasteiger partial charge in [0.2, 0.25) is 0 Å². The van der Waals surface area contributed by atoms with E-state index in [1.54, 1.807) is 6.07 Å². The number of benzene rings is 1. The predicted molar refractivity (Wildman–Crippen MR) is 153 cm³/mol. The Kier molecular flexibility index (Phi) is 7.18. The van der Waals surface area contributed by atoms with Gasteiger partial charge in [0.05, 0.1) is 16.7 Å². The quantitative estimate of drug-likeness (QED) is 0.229. The van der Waals surface area contributed by atoms with E-state index >= 15 is 0 Å². The minimum absolute atomic E-state index is 0.125. The van der Waals surface area contributed by atoms with E-state index in [-0.39, 0.29) is 11.0 Å². The largest absolute Gasteiger partial charge is 0.488 e. The summed E-state index contributed by atoms with van der Waals surface area (Å²) in [7, 11) is 0. The standard InChI is InChI=1S/C32H47ClN2O/c1-20(2)6-5-7-21(3)26-11-12-27-25-10-8-22-18-24(36-30-13-9-23(34)19-29(30)35)14-17-32(22,33)28(25)15-16-31(26,27)4/h6,8-10,13,19,21-22,24-28H,5,7,11-12,14-18,34-35H2,1-4H3. The Morgan fingerprint density at radius 1 is 1.11 bits per heavy atom. The molecule has 4 heteroatoms. The average Bonchev–Trinajstić information content (AvgIpc) is 3.18. The molecular weight excluding hydrogens is 464 g/mol. The van der Waals surface area contributed by atoms with Crippen molar-refractivity contribution in [3.63, 3.8) is 0 Å². The maximum absolute atomic E-state index is 7.65. The summed E-state index contributed by atoms with van der Waals surface area (Å²) in [5, 5.41) is 0. The summed E-state index contributed by atoms with van der Waals surface area (Å²) in [6.45, 7) is 9.59. The monoisotopic (exact) mass is 510 g/mol. The fourth-order valence-corrected chi connectivity index (χ4v) is 9.45. The Labute approximate surface area is 224 Å². The van der Waals surface area contributed by atoms with Gasteiger partial charge in [-0.25, -0.2) is 0 Å². The van der Waals surface area contributed by atoms with Crippen LogP contribution in [-0.2, 0) is 0 Å². The lowest BCUT2D eigenvalue weighted by atomic mass is 9.50. The maximum atomic E-state index is 7.65. The summed E-state index contributed by atoms with van der Waals surface area (Å²) in [4.78, 5) is -0.125. The van der Waals surface area contributed by atoms with E-state index in [1.165, 1.54) is 44.1 Å². The summed E-state index contributed by atoms with van der Waals surface area (Å²) in [5.74, 6) is 4.78. The highest BCUT2D eigenvalue weighted by molar-refractivity contribution is 6.24. The molecule has 198 valence electrons.